The summed E-state index contributed by atoms with van der Waals surface area (Å²) in [5.74, 6) is 0.656. The van der Waals surface area contributed by atoms with Crippen molar-refractivity contribution in [2.75, 3.05) is 26.7 Å². The van der Waals surface area contributed by atoms with E-state index in [1.165, 1.54) is 0 Å². The van der Waals surface area contributed by atoms with Crippen molar-refractivity contribution in [3.05, 3.63) is 48.3 Å². The predicted molar refractivity (Wildman–Crippen MR) is 85.5 cm³/mol. The Morgan fingerprint density at radius 1 is 1.14 bits per heavy atom. The predicted octanol–water partition coefficient (Wildman–Crippen LogP) is 1.92. The molecule has 1 aliphatic heterocycles. The second-order valence-corrected chi connectivity index (χ2v) is 5.77. The van der Waals surface area contributed by atoms with Gasteiger partial charge in [0.25, 0.3) is 5.91 Å². The molecule has 2 heterocycles. The SMILES string of the molecule is CC1CN(C)CCN1C(=O)c1cnc(-c2ccccc2)nc1. The van der Waals surface area contributed by atoms with E-state index in [0.717, 1.165) is 25.2 Å². The molecule has 5 nitrogen and oxygen atoms in total. The average Bonchev–Trinajstić information content (AvgIpc) is 2.55. The van der Waals surface area contributed by atoms with Crippen LogP contribution in [0.15, 0.2) is 42.7 Å². The van der Waals surface area contributed by atoms with Crippen molar-refractivity contribution in [1.29, 1.82) is 0 Å². The summed E-state index contributed by atoms with van der Waals surface area (Å²) in [6.45, 7) is 4.62. The van der Waals surface area contributed by atoms with E-state index in [1.807, 2.05) is 35.2 Å². The molecule has 1 fully saturated rings. The van der Waals surface area contributed by atoms with Crippen molar-refractivity contribution in [2.24, 2.45) is 0 Å². The molecule has 5 heteroatoms. The normalized spacial score (nSPS) is 19.2. The van der Waals surface area contributed by atoms with Gasteiger partial charge in [0.05, 0.1) is 5.56 Å². The second-order valence-electron chi connectivity index (χ2n) is 5.77. The summed E-state index contributed by atoms with van der Waals surface area (Å²) >= 11 is 0. The third-order valence-electron chi connectivity index (χ3n) is 4.02. The van der Waals surface area contributed by atoms with Crippen LogP contribution in [0.3, 0.4) is 0 Å². The zero-order valence-corrected chi connectivity index (χ0v) is 12.9. The van der Waals surface area contributed by atoms with Crippen LogP contribution in [0.2, 0.25) is 0 Å². The van der Waals surface area contributed by atoms with Crippen LogP contribution in [0, 0.1) is 0 Å². The Balaban J connectivity index is 1.77. The molecule has 0 spiro atoms. The first-order valence-corrected chi connectivity index (χ1v) is 7.52. The van der Waals surface area contributed by atoms with Gasteiger partial charge in [0, 0.05) is 43.6 Å². The molecular weight excluding hydrogens is 276 g/mol. The van der Waals surface area contributed by atoms with E-state index in [1.54, 1.807) is 12.4 Å². The van der Waals surface area contributed by atoms with Gasteiger partial charge in [-0.15, -0.1) is 0 Å². The molecule has 1 amide bonds. The molecule has 0 aliphatic carbocycles. The van der Waals surface area contributed by atoms with Crippen molar-refractivity contribution in [3.63, 3.8) is 0 Å². The minimum absolute atomic E-state index is 0.0141. The van der Waals surface area contributed by atoms with E-state index < -0.39 is 0 Å². The average molecular weight is 296 g/mol. The van der Waals surface area contributed by atoms with E-state index in [4.69, 9.17) is 0 Å². The van der Waals surface area contributed by atoms with Gasteiger partial charge in [-0.05, 0) is 14.0 Å². The number of piperazine rings is 1. The number of hydrogen-bond acceptors (Lipinski definition) is 4. The third kappa shape index (κ3) is 2.99. The number of likely N-dealkylation sites (N-methyl/N-ethyl adjacent to an activating group) is 1. The largest absolute Gasteiger partial charge is 0.333 e. The number of aromatic nitrogens is 2. The van der Waals surface area contributed by atoms with E-state index >= 15 is 0 Å². The Bertz CT molecular complexity index is 641. The lowest BCUT2D eigenvalue weighted by atomic mass is 10.1. The Morgan fingerprint density at radius 2 is 1.82 bits per heavy atom. The lowest BCUT2D eigenvalue weighted by Crippen LogP contribution is -2.52. The molecule has 1 aromatic heterocycles. The van der Waals surface area contributed by atoms with Crippen molar-refractivity contribution in [2.45, 2.75) is 13.0 Å². The topological polar surface area (TPSA) is 49.3 Å². The molecule has 1 aromatic carbocycles. The summed E-state index contributed by atoms with van der Waals surface area (Å²) in [5.41, 5.74) is 1.51. The lowest BCUT2D eigenvalue weighted by Gasteiger charge is -2.38. The zero-order chi connectivity index (χ0) is 15.5. The van der Waals surface area contributed by atoms with Gasteiger partial charge in [-0.25, -0.2) is 9.97 Å². The smallest absolute Gasteiger partial charge is 0.257 e. The maximum Gasteiger partial charge on any atom is 0.257 e. The highest BCUT2D eigenvalue weighted by atomic mass is 16.2. The van der Waals surface area contributed by atoms with Crippen LogP contribution in [-0.2, 0) is 0 Å². The summed E-state index contributed by atoms with van der Waals surface area (Å²) in [5, 5.41) is 0. The van der Waals surface area contributed by atoms with Crippen LogP contribution in [0.5, 0.6) is 0 Å². The first-order chi connectivity index (χ1) is 10.6. The van der Waals surface area contributed by atoms with Crippen molar-refractivity contribution >= 4 is 5.91 Å². The molecule has 0 radical (unpaired) electrons. The zero-order valence-electron chi connectivity index (χ0n) is 12.9. The summed E-state index contributed by atoms with van der Waals surface area (Å²) < 4.78 is 0. The van der Waals surface area contributed by atoms with Crippen LogP contribution in [0.4, 0.5) is 0 Å². The molecular formula is C17H20N4O. The van der Waals surface area contributed by atoms with Crippen LogP contribution in [-0.4, -0.2) is 58.4 Å². The fraction of sp³-hybridized carbons (Fsp3) is 0.353. The van der Waals surface area contributed by atoms with Gasteiger partial charge < -0.3 is 9.80 Å². The first-order valence-electron chi connectivity index (χ1n) is 7.52. The maximum atomic E-state index is 12.6. The van der Waals surface area contributed by atoms with Gasteiger partial charge in [-0.3, -0.25) is 4.79 Å². The van der Waals surface area contributed by atoms with Gasteiger partial charge >= 0.3 is 0 Å². The molecule has 1 atom stereocenters. The minimum atomic E-state index is 0.0141. The second kappa shape index (κ2) is 6.23. The molecule has 1 aliphatic rings. The Labute approximate surface area is 130 Å². The summed E-state index contributed by atoms with van der Waals surface area (Å²) in [7, 11) is 2.08. The van der Waals surface area contributed by atoms with Crippen LogP contribution in [0.25, 0.3) is 11.4 Å². The maximum absolute atomic E-state index is 12.6. The van der Waals surface area contributed by atoms with E-state index in [2.05, 4.69) is 28.8 Å². The molecule has 22 heavy (non-hydrogen) atoms. The standard InChI is InChI=1S/C17H20N4O/c1-13-12-20(2)8-9-21(13)17(22)15-10-18-16(19-11-15)14-6-4-3-5-7-14/h3-7,10-11,13H,8-9,12H2,1-2H3. The fourth-order valence-electron chi connectivity index (χ4n) is 2.78. The van der Waals surface area contributed by atoms with Crippen molar-refractivity contribution in [3.8, 4) is 11.4 Å². The number of carbonyl (C=O) groups is 1. The van der Waals surface area contributed by atoms with Gasteiger partial charge in [0.15, 0.2) is 5.82 Å². The number of amides is 1. The van der Waals surface area contributed by atoms with Gasteiger partial charge in [-0.2, -0.15) is 0 Å². The quantitative estimate of drug-likeness (QED) is 0.849. The number of benzene rings is 1. The molecule has 3 rings (SSSR count). The minimum Gasteiger partial charge on any atom is -0.333 e. The fourth-order valence-corrected chi connectivity index (χ4v) is 2.78. The molecule has 1 saturated heterocycles. The van der Waals surface area contributed by atoms with E-state index in [9.17, 15) is 4.79 Å². The summed E-state index contributed by atoms with van der Waals surface area (Å²) in [6, 6.07) is 9.97. The lowest BCUT2D eigenvalue weighted by molar-refractivity contribution is 0.0533. The Kier molecular flexibility index (Phi) is 4.15. The number of nitrogens with zero attached hydrogens (tertiary/aromatic N) is 4. The molecule has 2 aromatic rings. The first kappa shape index (κ1) is 14.7. The van der Waals surface area contributed by atoms with E-state index in [0.29, 0.717) is 11.4 Å². The van der Waals surface area contributed by atoms with Crippen molar-refractivity contribution < 1.29 is 4.79 Å². The van der Waals surface area contributed by atoms with Crippen LogP contribution in [0.1, 0.15) is 17.3 Å². The summed E-state index contributed by atoms with van der Waals surface area (Å²) in [4.78, 5) is 25.4. The number of rotatable bonds is 2. The molecule has 0 bridgehead atoms. The highest BCUT2D eigenvalue weighted by Gasteiger charge is 2.26. The third-order valence-corrected chi connectivity index (χ3v) is 4.02. The molecule has 1 unspecified atom stereocenters. The number of carbonyl (C=O) groups excluding carboxylic acids is 1. The monoisotopic (exact) mass is 296 g/mol. The van der Waals surface area contributed by atoms with Crippen LogP contribution >= 0.6 is 0 Å². The van der Waals surface area contributed by atoms with E-state index in [-0.39, 0.29) is 11.9 Å². The summed E-state index contributed by atoms with van der Waals surface area (Å²) in [6.07, 6.45) is 3.26. The molecule has 114 valence electrons. The Morgan fingerprint density at radius 3 is 2.45 bits per heavy atom. The Hall–Kier alpha value is -2.27. The molecule has 0 saturated carbocycles. The van der Waals surface area contributed by atoms with Gasteiger partial charge in [0.1, 0.15) is 0 Å². The van der Waals surface area contributed by atoms with Gasteiger partial charge in [-0.1, -0.05) is 30.3 Å². The highest BCUT2D eigenvalue weighted by molar-refractivity contribution is 5.94. The van der Waals surface area contributed by atoms with Crippen LogP contribution < -0.4 is 0 Å². The highest BCUT2D eigenvalue weighted by Crippen LogP contribution is 2.16. The molecule has 0 N–H and O–H groups in total. The number of hydrogen-bond donors (Lipinski definition) is 0. The van der Waals surface area contributed by atoms with Crippen molar-refractivity contribution in [1.82, 2.24) is 19.8 Å². The van der Waals surface area contributed by atoms with Gasteiger partial charge in [0.2, 0.25) is 0 Å².